The maximum Gasteiger partial charge on any atom is 0.494 e. The zero-order chi connectivity index (χ0) is 16.0. The van der Waals surface area contributed by atoms with Gasteiger partial charge in [0, 0.05) is 0 Å². The average Bonchev–Trinajstić information content (AvgIpc) is 2.53. The Labute approximate surface area is 130 Å². The highest BCUT2D eigenvalue weighted by Crippen LogP contribution is 2.37. The summed E-state index contributed by atoms with van der Waals surface area (Å²) >= 11 is 6.12. The Morgan fingerprint density at radius 1 is 1.14 bits per heavy atom. The SMILES string of the molecule is CC(C)Oc1c(F)cc(B2OC(C)(C)C(C)(C)O2)cc1Cl. The summed E-state index contributed by atoms with van der Waals surface area (Å²) in [4.78, 5) is 0. The normalized spacial score (nSPS) is 20.1. The van der Waals surface area contributed by atoms with Crippen LogP contribution in [0.4, 0.5) is 4.39 Å². The monoisotopic (exact) mass is 314 g/mol. The number of benzene rings is 1. The third kappa shape index (κ3) is 3.20. The Morgan fingerprint density at radius 3 is 2.10 bits per heavy atom. The van der Waals surface area contributed by atoms with Crippen LogP contribution in [0.1, 0.15) is 41.5 Å². The van der Waals surface area contributed by atoms with Crippen LogP contribution in [-0.2, 0) is 9.31 Å². The van der Waals surface area contributed by atoms with E-state index in [1.807, 2.05) is 41.5 Å². The van der Waals surface area contributed by atoms with Crippen LogP contribution in [0.5, 0.6) is 5.75 Å². The van der Waals surface area contributed by atoms with Crippen molar-refractivity contribution in [3.8, 4) is 5.75 Å². The molecule has 1 saturated heterocycles. The molecule has 1 fully saturated rings. The number of hydrogen-bond donors (Lipinski definition) is 0. The summed E-state index contributed by atoms with van der Waals surface area (Å²) < 4.78 is 31.4. The van der Waals surface area contributed by atoms with Crippen molar-refractivity contribution in [2.75, 3.05) is 0 Å². The molecule has 0 aromatic heterocycles. The second-order valence-electron chi connectivity index (χ2n) is 6.57. The number of halogens is 2. The fraction of sp³-hybridized carbons (Fsp3) is 0.600. The van der Waals surface area contributed by atoms with Gasteiger partial charge in [-0.3, -0.25) is 0 Å². The molecule has 3 nitrogen and oxygen atoms in total. The lowest BCUT2D eigenvalue weighted by Crippen LogP contribution is -2.41. The Bertz CT molecular complexity index is 507. The lowest BCUT2D eigenvalue weighted by atomic mass is 9.79. The molecule has 0 radical (unpaired) electrons. The van der Waals surface area contributed by atoms with Gasteiger partial charge in [-0.25, -0.2) is 4.39 Å². The first kappa shape index (κ1) is 16.6. The molecule has 1 heterocycles. The van der Waals surface area contributed by atoms with Crippen LogP contribution < -0.4 is 10.2 Å². The molecular weight excluding hydrogens is 293 g/mol. The Hall–Kier alpha value is -0.775. The Balaban J connectivity index is 2.31. The third-order valence-electron chi connectivity index (χ3n) is 3.90. The molecule has 1 aromatic carbocycles. The highest BCUT2D eigenvalue weighted by atomic mass is 35.5. The summed E-state index contributed by atoms with van der Waals surface area (Å²) in [5, 5.41) is 0.216. The van der Waals surface area contributed by atoms with E-state index >= 15 is 0 Å². The molecule has 2 rings (SSSR count). The van der Waals surface area contributed by atoms with Crippen LogP contribution >= 0.6 is 11.6 Å². The van der Waals surface area contributed by atoms with Crippen LogP contribution in [-0.4, -0.2) is 24.4 Å². The van der Waals surface area contributed by atoms with Crippen LogP contribution in [0.3, 0.4) is 0 Å². The molecule has 6 heteroatoms. The van der Waals surface area contributed by atoms with E-state index in [1.165, 1.54) is 6.07 Å². The smallest absolute Gasteiger partial charge is 0.486 e. The van der Waals surface area contributed by atoms with Crippen molar-refractivity contribution in [3.05, 3.63) is 23.0 Å². The minimum Gasteiger partial charge on any atom is -0.486 e. The lowest BCUT2D eigenvalue weighted by Gasteiger charge is -2.32. The van der Waals surface area contributed by atoms with Crippen molar-refractivity contribution >= 4 is 24.2 Å². The molecule has 0 N–H and O–H groups in total. The van der Waals surface area contributed by atoms with E-state index in [4.69, 9.17) is 25.6 Å². The van der Waals surface area contributed by atoms with Gasteiger partial charge < -0.3 is 14.0 Å². The van der Waals surface area contributed by atoms with Crippen molar-refractivity contribution in [2.24, 2.45) is 0 Å². The molecule has 0 amide bonds. The average molecular weight is 315 g/mol. The highest BCUT2D eigenvalue weighted by Gasteiger charge is 2.51. The number of hydrogen-bond acceptors (Lipinski definition) is 3. The van der Waals surface area contributed by atoms with E-state index in [9.17, 15) is 4.39 Å². The quantitative estimate of drug-likeness (QED) is 0.798. The van der Waals surface area contributed by atoms with Crippen LogP contribution in [0, 0.1) is 5.82 Å². The van der Waals surface area contributed by atoms with E-state index < -0.39 is 24.1 Å². The summed E-state index contributed by atoms with van der Waals surface area (Å²) in [6, 6.07) is 2.98. The molecule has 1 aromatic rings. The maximum atomic E-state index is 14.2. The second-order valence-corrected chi connectivity index (χ2v) is 6.98. The summed E-state index contributed by atoms with van der Waals surface area (Å²) in [6.45, 7) is 11.4. The van der Waals surface area contributed by atoms with Gasteiger partial charge in [-0.1, -0.05) is 11.6 Å². The van der Waals surface area contributed by atoms with E-state index in [1.54, 1.807) is 6.07 Å². The predicted octanol–water partition coefficient (Wildman–Crippen LogP) is 3.57. The predicted molar refractivity (Wildman–Crippen MR) is 82.9 cm³/mol. The maximum absolute atomic E-state index is 14.2. The first-order valence-electron chi connectivity index (χ1n) is 7.05. The molecule has 21 heavy (non-hydrogen) atoms. The molecular formula is C15H21BClFO3. The summed E-state index contributed by atoms with van der Waals surface area (Å²) in [6.07, 6.45) is -0.153. The van der Waals surface area contributed by atoms with E-state index in [2.05, 4.69) is 0 Å². The fourth-order valence-corrected chi connectivity index (χ4v) is 2.30. The van der Waals surface area contributed by atoms with Gasteiger partial charge in [0.2, 0.25) is 0 Å². The first-order valence-corrected chi connectivity index (χ1v) is 7.42. The number of rotatable bonds is 3. The van der Waals surface area contributed by atoms with Crippen LogP contribution in [0.15, 0.2) is 12.1 Å². The molecule has 116 valence electrons. The van der Waals surface area contributed by atoms with Crippen molar-refractivity contribution in [1.29, 1.82) is 0 Å². The summed E-state index contributed by atoms with van der Waals surface area (Å²) in [5.74, 6) is -0.451. The second kappa shape index (κ2) is 5.45. The molecule has 0 spiro atoms. The zero-order valence-corrected chi connectivity index (χ0v) is 14.0. The van der Waals surface area contributed by atoms with Crippen LogP contribution in [0.2, 0.25) is 5.02 Å². The van der Waals surface area contributed by atoms with Gasteiger partial charge in [-0.2, -0.15) is 0 Å². The van der Waals surface area contributed by atoms with Gasteiger partial charge in [-0.05, 0) is 59.1 Å². The largest absolute Gasteiger partial charge is 0.494 e. The minimum absolute atomic E-state index is 0.0620. The van der Waals surface area contributed by atoms with E-state index in [0.29, 0.717) is 5.46 Å². The summed E-state index contributed by atoms with van der Waals surface area (Å²) in [5.41, 5.74) is -0.409. The summed E-state index contributed by atoms with van der Waals surface area (Å²) in [7, 11) is -0.643. The van der Waals surface area contributed by atoms with Gasteiger partial charge >= 0.3 is 7.12 Å². The molecule has 0 saturated carbocycles. The van der Waals surface area contributed by atoms with Gasteiger partial charge in [0.1, 0.15) is 0 Å². The molecule has 0 atom stereocenters. The van der Waals surface area contributed by atoms with Gasteiger partial charge in [-0.15, -0.1) is 0 Å². The topological polar surface area (TPSA) is 27.7 Å². The van der Waals surface area contributed by atoms with Gasteiger partial charge in [0.05, 0.1) is 22.3 Å². The standard InChI is InChI=1S/C15H21BClFO3/c1-9(2)19-13-11(17)7-10(8-12(13)18)16-20-14(3,4)15(5,6)21-16/h7-9H,1-6H3. The minimum atomic E-state index is -0.643. The Kier molecular flexibility index (Phi) is 4.31. The first-order chi connectivity index (χ1) is 9.53. The number of ether oxygens (including phenoxy) is 1. The molecule has 0 unspecified atom stereocenters. The van der Waals surface area contributed by atoms with Crippen molar-refractivity contribution in [3.63, 3.8) is 0 Å². The molecule has 0 aliphatic carbocycles. The highest BCUT2D eigenvalue weighted by molar-refractivity contribution is 6.62. The van der Waals surface area contributed by atoms with Crippen LogP contribution in [0.25, 0.3) is 0 Å². The van der Waals surface area contributed by atoms with Crippen molar-refractivity contribution < 1.29 is 18.4 Å². The molecule has 1 aliphatic rings. The van der Waals surface area contributed by atoms with E-state index in [-0.39, 0.29) is 16.9 Å². The van der Waals surface area contributed by atoms with Crippen molar-refractivity contribution in [2.45, 2.75) is 58.8 Å². The van der Waals surface area contributed by atoms with Crippen molar-refractivity contribution in [1.82, 2.24) is 0 Å². The van der Waals surface area contributed by atoms with E-state index in [0.717, 1.165) is 0 Å². The third-order valence-corrected chi connectivity index (χ3v) is 4.18. The zero-order valence-electron chi connectivity index (χ0n) is 13.3. The Morgan fingerprint density at radius 2 is 1.67 bits per heavy atom. The lowest BCUT2D eigenvalue weighted by molar-refractivity contribution is 0.00578. The molecule has 0 bridgehead atoms. The van der Waals surface area contributed by atoms with Gasteiger partial charge in [0.25, 0.3) is 0 Å². The molecule has 1 aliphatic heterocycles. The van der Waals surface area contributed by atoms with Gasteiger partial charge in [0.15, 0.2) is 11.6 Å². The fourth-order valence-electron chi connectivity index (χ4n) is 2.04.